The van der Waals surface area contributed by atoms with Crippen molar-refractivity contribution in [1.29, 1.82) is 0 Å². The highest BCUT2D eigenvalue weighted by molar-refractivity contribution is 5.88. The molecule has 0 fully saturated rings. The van der Waals surface area contributed by atoms with Gasteiger partial charge in [0.1, 0.15) is 11.7 Å². The second-order valence-corrected chi connectivity index (χ2v) is 5.34. The molecule has 0 aromatic rings. The number of hydrogen-bond donors (Lipinski definition) is 6. The molecule has 0 aliphatic heterocycles. The summed E-state index contributed by atoms with van der Waals surface area (Å²) >= 11 is 0. The highest BCUT2D eigenvalue weighted by Gasteiger charge is 2.40. The zero-order valence-electron chi connectivity index (χ0n) is 16.2. The predicted octanol–water partition coefficient (Wildman–Crippen LogP) is 0.489. The van der Waals surface area contributed by atoms with E-state index in [0.29, 0.717) is 0 Å². The van der Waals surface area contributed by atoms with Crippen molar-refractivity contribution < 1.29 is 34.8 Å². The average molecular weight is 390 g/mol. The van der Waals surface area contributed by atoms with Gasteiger partial charge in [0.05, 0.1) is 12.8 Å². The van der Waals surface area contributed by atoms with Gasteiger partial charge < -0.3 is 31.1 Å². The van der Waals surface area contributed by atoms with Crippen LogP contribution < -0.4 is 10.6 Å². The summed E-state index contributed by atoms with van der Waals surface area (Å²) < 4.78 is 0. The van der Waals surface area contributed by atoms with E-state index in [1.165, 1.54) is 0 Å². The molecule has 0 saturated carbocycles. The first-order valence-electron chi connectivity index (χ1n) is 8.56. The van der Waals surface area contributed by atoms with Gasteiger partial charge in [-0.2, -0.15) is 0 Å². The van der Waals surface area contributed by atoms with Gasteiger partial charge in [-0.25, -0.2) is 4.79 Å². The third kappa shape index (κ3) is 13.2. The van der Waals surface area contributed by atoms with Crippen LogP contribution in [0.25, 0.3) is 0 Å². The Morgan fingerprint density at radius 3 is 1.30 bits per heavy atom. The van der Waals surface area contributed by atoms with Crippen LogP contribution in [-0.4, -0.2) is 68.7 Å². The van der Waals surface area contributed by atoms with Gasteiger partial charge in [-0.05, 0) is 13.8 Å². The number of amidine groups is 2. The van der Waals surface area contributed by atoms with E-state index in [1.54, 1.807) is 0 Å². The quantitative estimate of drug-likeness (QED) is 0.176. The first-order chi connectivity index (χ1) is 12.6. The monoisotopic (exact) mass is 390 g/mol. The zero-order valence-corrected chi connectivity index (χ0v) is 16.2. The minimum Gasteiger partial charge on any atom is -0.481 e. The number of nitrogens with zero attached hydrogens (tertiary/aromatic N) is 2. The minimum atomic E-state index is -2.74. The van der Waals surface area contributed by atoms with Crippen LogP contribution in [0.4, 0.5) is 0 Å². The lowest BCUT2D eigenvalue weighted by atomic mass is 9.96. The predicted molar refractivity (Wildman–Crippen MR) is 99.9 cm³/mol. The van der Waals surface area contributed by atoms with E-state index in [4.69, 9.17) is 20.4 Å². The number of carboxylic acids is 3. The topological polar surface area (TPSA) is 181 Å². The molecule has 0 aromatic carbocycles. The van der Waals surface area contributed by atoms with Crippen LogP contribution in [0.2, 0.25) is 0 Å². The van der Waals surface area contributed by atoms with Crippen molar-refractivity contribution in [2.24, 2.45) is 10.2 Å². The summed E-state index contributed by atoms with van der Waals surface area (Å²) in [5, 5.41) is 48.5. The molecule has 6 N–H and O–H groups in total. The summed E-state index contributed by atoms with van der Waals surface area (Å²) in [6, 6.07) is 0. The second-order valence-electron chi connectivity index (χ2n) is 5.34. The van der Waals surface area contributed by atoms with Gasteiger partial charge in [-0.3, -0.25) is 9.59 Å². The number of hydrogen-bond acceptors (Lipinski definition) is 6. The number of aliphatic carboxylic acids is 3. The maximum atomic E-state index is 10.3. The Morgan fingerprint density at radius 1 is 0.778 bits per heavy atom. The first-order valence-corrected chi connectivity index (χ1v) is 8.56. The van der Waals surface area contributed by atoms with Gasteiger partial charge in [0.2, 0.25) is 0 Å². The molecular formula is C16H30N4O7. The van der Waals surface area contributed by atoms with Crippen molar-refractivity contribution in [3.63, 3.8) is 0 Å². The van der Waals surface area contributed by atoms with E-state index >= 15 is 0 Å². The Balaban J connectivity index is 0. The molecule has 0 atom stereocenters. The lowest BCUT2D eigenvalue weighted by Crippen LogP contribution is -2.42. The maximum absolute atomic E-state index is 10.3. The van der Waals surface area contributed by atoms with Crippen molar-refractivity contribution in [1.82, 2.24) is 10.6 Å². The molecule has 0 rings (SSSR count). The van der Waals surface area contributed by atoms with Gasteiger partial charge in [0.15, 0.2) is 5.60 Å². The number of rotatable bonds is 10. The summed E-state index contributed by atoms with van der Waals surface area (Å²) in [5.41, 5.74) is -2.74. The summed E-state index contributed by atoms with van der Waals surface area (Å²) in [5.74, 6) is -3.14. The number of nitrogens with one attached hydrogen (secondary N) is 2. The fourth-order valence-corrected chi connectivity index (χ4v) is 1.71. The third-order valence-corrected chi connectivity index (χ3v) is 3.01. The Bertz CT molecular complexity index is 509. The molecule has 156 valence electrons. The van der Waals surface area contributed by atoms with Gasteiger partial charge in [-0.15, -0.1) is 10.2 Å². The van der Waals surface area contributed by atoms with Crippen LogP contribution >= 0.6 is 0 Å². The molecule has 0 aromatic heterocycles. The molecule has 0 aliphatic carbocycles. The summed E-state index contributed by atoms with van der Waals surface area (Å²) in [6.45, 7) is 10.0. The van der Waals surface area contributed by atoms with Crippen molar-refractivity contribution in [2.45, 2.75) is 59.0 Å². The van der Waals surface area contributed by atoms with Crippen LogP contribution in [-0.2, 0) is 14.4 Å². The SMILES string of the molecule is CCN/C(CC)=N/N=C(\CC)NCC.O=C(O)CC(O)(CC(=O)O)C(=O)O. The molecule has 0 saturated heterocycles. The van der Waals surface area contributed by atoms with Crippen molar-refractivity contribution >= 4 is 29.6 Å². The fourth-order valence-electron chi connectivity index (χ4n) is 1.71. The van der Waals surface area contributed by atoms with E-state index in [2.05, 4.69) is 48.5 Å². The van der Waals surface area contributed by atoms with Crippen LogP contribution in [0, 0.1) is 0 Å². The highest BCUT2D eigenvalue weighted by atomic mass is 16.4. The number of carbonyl (C=O) groups is 3. The van der Waals surface area contributed by atoms with Crippen molar-refractivity contribution in [3.8, 4) is 0 Å². The standard InChI is InChI=1S/C10H22N4.C6H8O7/c1-5-9(11-7-3)13-14-10(6-2)12-8-4;7-3(8)1-6(13,5(11)12)2-4(9)10/h5-8H2,1-4H3,(H,11,13)(H,12,14);13H,1-2H2,(H,7,8)(H,9,10)(H,11,12). The molecule has 0 aliphatic rings. The third-order valence-electron chi connectivity index (χ3n) is 3.01. The van der Waals surface area contributed by atoms with Crippen LogP contribution in [0.1, 0.15) is 53.4 Å². The Hall–Kier alpha value is -2.69. The molecule has 0 unspecified atom stereocenters. The van der Waals surface area contributed by atoms with Crippen molar-refractivity contribution in [2.75, 3.05) is 13.1 Å². The van der Waals surface area contributed by atoms with E-state index in [0.717, 1.165) is 37.6 Å². The number of carboxylic acid groups (broad SMARTS) is 3. The molecule has 0 spiro atoms. The molecule has 0 bridgehead atoms. The minimum absolute atomic E-state index is 0.889. The summed E-state index contributed by atoms with van der Waals surface area (Å²) in [7, 11) is 0. The second kappa shape index (κ2) is 14.5. The molecule has 0 heterocycles. The van der Waals surface area contributed by atoms with Gasteiger partial charge >= 0.3 is 17.9 Å². The highest BCUT2D eigenvalue weighted by Crippen LogP contribution is 2.15. The Labute approximate surface area is 158 Å². The van der Waals surface area contributed by atoms with Crippen LogP contribution in [0.5, 0.6) is 0 Å². The molecule has 0 radical (unpaired) electrons. The maximum Gasteiger partial charge on any atom is 0.336 e. The normalized spacial score (nSPS) is 11.9. The van der Waals surface area contributed by atoms with Gasteiger partial charge in [0, 0.05) is 25.9 Å². The molecule has 11 nitrogen and oxygen atoms in total. The molecular weight excluding hydrogens is 360 g/mol. The van der Waals surface area contributed by atoms with Crippen molar-refractivity contribution in [3.05, 3.63) is 0 Å². The lowest BCUT2D eigenvalue weighted by molar-refractivity contribution is -0.170. The molecule has 11 heteroatoms. The van der Waals surface area contributed by atoms with E-state index in [1.807, 2.05) is 0 Å². The van der Waals surface area contributed by atoms with Gasteiger partial charge in [-0.1, -0.05) is 13.8 Å². The fraction of sp³-hybridized carbons (Fsp3) is 0.688. The zero-order chi connectivity index (χ0) is 21.5. The summed E-state index contributed by atoms with van der Waals surface area (Å²) in [4.78, 5) is 30.5. The first kappa shape index (κ1) is 26.5. The van der Waals surface area contributed by atoms with E-state index in [9.17, 15) is 14.4 Å². The Morgan fingerprint density at radius 2 is 1.11 bits per heavy atom. The van der Waals surface area contributed by atoms with Gasteiger partial charge in [0.25, 0.3) is 0 Å². The average Bonchev–Trinajstić information content (AvgIpc) is 2.56. The summed E-state index contributed by atoms with van der Waals surface area (Å²) in [6.07, 6.45) is -0.510. The van der Waals surface area contributed by atoms with E-state index < -0.39 is 36.4 Å². The number of aliphatic hydroxyl groups is 1. The smallest absolute Gasteiger partial charge is 0.336 e. The van der Waals surface area contributed by atoms with Crippen LogP contribution in [0.15, 0.2) is 10.2 Å². The molecule has 27 heavy (non-hydrogen) atoms. The Kier molecular flexibility index (Phi) is 14.2. The largest absolute Gasteiger partial charge is 0.481 e. The lowest BCUT2D eigenvalue weighted by Gasteiger charge is -2.18. The molecule has 0 amide bonds. The van der Waals surface area contributed by atoms with Crippen LogP contribution in [0.3, 0.4) is 0 Å². The van der Waals surface area contributed by atoms with E-state index in [-0.39, 0.29) is 0 Å².